The smallest absolute Gasteiger partial charge is 0.332 e. The van der Waals surface area contributed by atoms with Crippen molar-refractivity contribution >= 4 is 22.9 Å². The third-order valence-corrected chi connectivity index (χ3v) is 4.87. The van der Waals surface area contributed by atoms with Crippen LogP contribution in [0.5, 0.6) is 0 Å². The summed E-state index contributed by atoms with van der Waals surface area (Å²) in [4.78, 5) is 52.5. The molecular weight excluding hydrogens is 393 g/mol. The zero-order chi connectivity index (χ0) is 21.8. The minimum atomic E-state index is -0.457. The highest BCUT2D eigenvalue weighted by Crippen LogP contribution is 2.09. The minimum absolute atomic E-state index is 0.144. The van der Waals surface area contributed by atoms with Crippen LogP contribution in [0.1, 0.15) is 29.6 Å². The normalized spacial score (nSPS) is 11.0. The lowest BCUT2D eigenvalue weighted by Gasteiger charge is -2.08. The number of hydrogen-bond acceptors (Lipinski definition) is 5. The van der Waals surface area contributed by atoms with E-state index in [2.05, 4.69) is 10.3 Å². The third kappa shape index (κ3) is 4.37. The van der Waals surface area contributed by atoms with Gasteiger partial charge in [-0.2, -0.15) is 0 Å². The Bertz CT molecular complexity index is 1210. The summed E-state index contributed by atoms with van der Waals surface area (Å²) in [6, 6.07) is 5.30. The molecule has 0 fully saturated rings. The van der Waals surface area contributed by atoms with Crippen molar-refractivity contribution in [1.82, 2.24) is 24.0 Å². The molecule has 0 unspecified atom stereocenters. The number of imidazole rings is 1. The third-order valence-electron chi connectivity index (χ3n) is 4.87. The van der Waals surface area contributed by atoms with Crippen molar-refractivity contribution in [3.05, 3.63) is 62.8 Å². The fourth-order valence-electron chi connectivity index (χ4n) is 3.16. The molecule has 0 aliphatic heterocycles. The van der Waals surface area contributed by atoms with Gasteiger partial charge < -0.3 is 9.88 Å². The number of fused-ring (bicyclic) bond motifs is 1. The van der Waals surface area contributed by atoms with E-state index in [4.69, 9.17) is 0 Å². The Balaban J connectivity index is 1.50. The first-order valence-electron chi connectivity index (χ1n) is 9.46. The van der Waals surface area contributed by atoms with E-state index in [0.29, 0.717) is 24.0 Å². The van der Waals surface area contributed by atoms with Crippen molar-refractivity contribution < 1.29 is 14.0 Å². The highest BCUT2D eigenvalue weighted by molar-refractivity contribution is 5.96. The van der Waals surface area contributed by atoms with Crippen molar-refractivity contribution in [2.45, 2.75) is 25.8 Å². The largest absolute Gasteiger partial charge is 0.354 e. The number of benzene rings is 1. The number of nitrogens with zero attached hydrogens (tertiary/aromatic N) is 4. The van der Waals surface area contributed by atoms with Crippen molar-refractivity contribution in [3.8, 4) is 0 Å². The zero-order valence-electron chi connectivity index (χ0n) is 16.7. The second-order valence-corrected chi connectivity index (χ2v) is 6.95. The lowest BCUT2D eigenvalue weighted by molar-refractivity contribution is -0.121. The topological polar surface area (TPSA) is 108 Å². The van der Waals surface area contributed by atoms with Crippen LogP contribution in [0, 0.1) is 5.82 Å². The average Bonchev–Trinajstić information content (AvgIpc) is 3.15. The number of nitrogens with one attached hydrogen (secondary N) is 1. The minimum Gasteiger partial charge on any atom is -0.354 e. The number of amides is 1. The predicted octanol–water partition coefficient (Wildman–Crippen LogP) is 0.742. The lowest BCUT2D eigenvalue weighted by atomic mass is 10.1. The van der Waals surface area contributed by atoms with Gasteiger partial charge in [-0.15, -0.1) is 0 Å². The standard InChI is InChI=1S/C20H22FN5O4/c1-24-18-17(19(29)25(2)20(24)30)26(12-23-18)11-10-22-16(28)5-3-4-15(27)13-6-8-14(21)9-7-13/h6-9,12H,3-5,10-11H2,1-2H3,(H,22,28). The molecule has 9 nitrogen and oxygen atoms in total. The first-order chi connectivity index (χ1) is 14.3. The van der Waals surface area contributed by atoms with Crippen LogP contribution in [0.25, 0.3) is 11.2 Å². The predicted molar refractivity (Wildman–Crippen MR) is 108 cm³/mol. The number of halogens is 1. The first kappa shape index (κ1) is 21.2. The van der Waals surface area contributed by atoms with Gasteiger partial charge in [-0.3, -0.25) is 23.5 Å². The molecule has 2 aromatic heterocycles. The van der Waals surface area contributed by atoms with E-state index in [-0.39, 0.29) is 36.7 Å². The Kier molecular flexibility index (Phi) is 6.24. The van der Waals surface area contributed by atoms with Gasteiger partial charge in [0.05, 0.1) is 6.33 Å². The lowest BCUT2D eigenvalue weighted by Crippen LogP contribution is -2.37. The molecule has 1 N–H and O–H groups in total. The van der Waals surface area contributed by atoms with Gasteiger partial charge in [-0.25, -0.2) is 14.2 Å². The second-order valence-electron chi connectivity index (χ2n) is 6.95. The molecule has 0 aliphatic carbocycles. The number of ketones is 1. The molecule has 0 bridgehead atoms. The van der Waals surface area contributed by atoms with Gasteiger partial charge in [0, 0.05) is 45.6 Å². The average molecular weight is 415 g/mol. The van der Waals surface area contributed by atoms with E-state index in [9.17, 15) is 23.6 Å². The maximum atomic E-state index is 12.9. The zero-order valence-corrected chi connectivity index (χ0v) is 16.7. The van der Waals surface area contributed by atoms with Crippen LogP contribution in [-0.4, -0.2) is 36.9 Å². The van der Waals surface area contributed by atoms with Gasteiger partial charge in [0.15, 0.2) is 16.9 Å². The summed E-state index contributed by atoms with van der Waals surface area (Å²) in [6.07, 6.45) is 2.20. The molecule has 0 radical (unpaired) electrons. The molecule has 0 saturated heterocycles. The van der Waals surface area contributed by atoms with Crippen molar-refractivity contribution in [2.24, 2.45) is 14.1 Å². The van der Waals surface area contributed by atoms with Gasteiger partial charge >= 0.3 is 5.69 Å². The van der Waals surface area contributed by atoms with Gasteiger partial charge in [0.2, 0.25) is 5.91 Å². The van der Waals surface area contributed by atoms with Crippen LogP contribution in [0.4, 0.5) is 4.39 Å². The fraction of sp³-hybridized carbons (Fsp3) is 0.350. The quantitative estimate of drug-likeness (QED) is 0.546. The number of carbonyl (C=O) groups excluding carboxylic acids is 2. The SMILES string of the molecule is Cn1c(=O)c2c(ncn2CCNC(=O)CCCC(=O)c2ccc(F)cc2)n(C)c1=O. The molecule has 0 saturated carbocycles. The Labute approximate surface area is 170 Å². The summed E-state index contributed by atoms with van der Waals surface area (Å²) in [5.41, 5.74) is 0.0877. The number of aryl methyl sites for hydroxylation is 1. The number of hydrogen-bond donors (Lipinski definition) is 1. The molecule has 30 heavy (non-hydrogen) atoms. The summed E-state index contributed by atoms with van der Waals surface area (Å²) in [6.45, 7) is 0.576. The fourth-order valence-corrected chi connectivity index (χ4v) is 3.16. The van der Waals surface area contributed by atoms with Crippen molar-refractivity contribution in [2.75, 3.05) is 6.54 Å². The van der Waals surface area contributed by atoms with E-state index >= 15 is 0 Å². The molecule has 10 heteroatoms. The van der Waals surface area contributed by atoms with Crippen LogP contribution < -0.4 is 16.6 Å². The van der Waals surface area contributed by atoms with Crippen LogP contribution in [0.2, 0.25) is 0 Å². The van der Waals surface area contributed by atoms with E-state index in [0.717, 1.165) is 4.57 Å². The molecule has 3 rings (SSSR count). The maximum absolute atomic E-state index is 12.9. The maximum Gasteiger partial charge on any atom is 0.332 e. The molecule has 2 heterocycles. The molecule has 0 atom stereocenters. The van der Waals surface area contributed by atoms with E-state index in [1.807, 2.05) is 0 Å². The Hall–Kier alpha value is -3.56. The van der Waals surface area contributed by atoms with E-state index in [1.165, 1.54) is 49.3 Å². The molecule has 158 valence electrons. The van der Waals surface area contributed by atoms with Gasteiger partial charge in [0.1, 0.15) is 5.82 Å². The van der Waals surface area contributed by atoms with Crippen LogP contribution in [0.15, 0.2) is 40.2 Å². The van der Waals surface area contributed by atoms with E-state index < -0.39 is 17.1 Å². The molecule has 0 aliphatic rings. The van der Waals surface area contributed by atoms with Crippen LogP contribution >= 0.6 is 0 Å². The number of aromatic nitrogens is 4. The van der Waals surface area contributed by atoms with E-state index in [1.54, 1.807) is 4.57 Å². The molecule has 1 amide bonds. The van der Waals surface area contributed by atoms with Gasteiger partial charge in [0.25, 0.3) is 5.56 Å². The molecule has 0 spiro atoms. The number of Topliss-reactive ketones (excluding diaryl/α,β-unsaturated/α-hetero) is 1. The summed E-state index contributed by atoms with van der Waals surface area (Å²) in [5, 5.41) is 2.74. The Morgan fingerprint density at radius 3 is 2.47 bits per heavy atom. The molecule has 1 aromatic carbocycles. The summed E-state index contributed by atoms with van der Waals surface area (Å²) in [7, 11) is 2.94. The van der Waals surface area contributed by atoms with Crippen molar-refractivity contribution in [3.63, 3.8) is 0 Å². The summed E-state index contributed by atoms with van der Waals surface area (Å²) in [5.74, 6) is -0.766. The highest BCUT2D eigenvalue weighted by Gasteiger charge is 2.14. The summed E-state index contributed by atoms with van der Waals surface area (Å²) >= 11 is 0. The number of rotatable bonds is 8. The molecule has 3 aromatic rings. The second kappa shape index (κ2) is 8.85. The molecular formula is C20H22FN5O4. The highest BCUT2D eigenvalue weighted by atomic mass is 19.1. The van der Waals surface area contributed by atoms with Crippen LogP contribution in [-0.2, 0) is 25.4 Å². The first-order valence-corrected chi connectivity index (χ1v) is 9.46. The van der Waals surface area contributed by atoms with Crippen molar-refractivity contribution in [1.29, 1.82) is 0 Å². The van der Waals surface area contributed by atoms with Gasteiger partial charge in [-0.05, 0) is 30.7 Å². The number of carbonyl (C=O) groups is 2. The summed E-state index contributed by atoms with van der Waals surface area (Å²) < 4.78 is 16.8. The van der Waals surface area contributed by atoms with Gasteiger partial charge in [-0.1, -0.05) is 0 Å². The Morgan fingerprint density at radius 1 is 1.07 bits per heavy atom. The van der Waals surface area contributed by atoms with Crippen LogP contribution in [0.3, 0.4) is 0 Å². The Morgan fingerprint density at radius 2 is 1.77 bits per heavy atom. The monoisotopic (exact) mass is 415 g/mol.